The standard InChI is InChI=1S/C15H9BrN2O2S/c16-14-8-10(9-21-14)4-6-12-7-5-11-2-1-3-13(18(19)20)15(11)17-12/h1-9H/b6-4+. The Bertz CT molecular complexity index is 858. The van der Waals surface area contributed by atoms with E-state index in [9.17, 15) is 10.1 Å². The Hall–Kier alpha value is -2.05. The lowest BCUT2D eigenvalue weighted by molar-refractivity contribution is -0.383. The summed E-state index contributed by atoms with van der Waals surface area (Å²) in [5, 5.41) is 13.8. The van der Waals surface area contributed by atoms with Crippen molar-refractivity contribution in [3.63, 3.8) is 0 Å². The van der Waals surface area contributed by atoms with E-state index in [2.05, 4.69) is 20.9 Å². The maximum Gasteiger partial charge on any atom is 0.295 e. The number of para-hydroxylation sites is 1. The third-order valence-electron chi connectivity index (χ3n) is 2.95. The van der Waals surface area contributed by atoms with Gasteiger partial charge in [-0.3, -0.25) is 10.1 Å². The van der Waals surface area contributed by atoms with Crippen LogP contribution in [0.5, 0.6) is 0 Å². The highest BCUT2D eigenvalue weighted by Crippen LogP contribution is 2.25. The highest BCUT2D eigenvalue weighted by Gasteiger charge is 2.12. The van der Waals surface area contributed by atoms with Crippen molar-refractivity contribution in [2.45, 2.75) is 0 Å². The van der Waals surface area contributed by atoms with Gasteiger partial charge in [-0.15, -0.1) is 11.3 Å². The molecule has 0 N–H and O–H groups in total. The van der Waals surface area contributed by atoms with Gasteiger partial charge in [0.1, 0.15) is 5.52 Å². The molecule has 0 aliphatic carbocycles. The van der Waals surface area contributed by atoms with Crippen molar-refractivity contribution in [1.29, 1.82) is 0 Å². The molecule has 0 aliphatic heterocycles. The highest BCUT2D eigenvalue weighted by molar-refractivity contribution is 9.11. The lowest BCUT2D eigenvalue weighted by atomic mass is 10.1. The van der Waals surface area contributed by atoms with E-state index < -0.39 is 4.92 Å². The van der Waals surface area contributed by atoms with Crippen LogP contribution in [0.1, 0.15) is 11.3 Å². The summed E-state index contributed by atoms with van der Waals surface area (Å²) in [6, 6.07) is 10.7. The van der Waals surface area contributed by atoms with E-state index in [1.54, 1.807) is 17.4 Å². The predicted octanol–water partition coefficient (Wildman–Crippen LogP) is 5.14. The Labute approximate surface area is 133 Å². The molecule has 6 heteroatoms. The maximum atomic E-state index is 11.1. The average Bonchev–Trinajstić information content (AvgIpc) is 2.89. The summed E-state index contributed by atoms with van der Waals surface area (Å²) in [6.45, 7) is 0. The second kappa shape index (κ2) is 5.75. The predicted molar refractivity (Wildman–Crippen MR) is 89.3 cm³/mol. The van der Waals surface area contributed by atoms with E-state index in [1.807, 2.05) is 41.8 Å². The summed E-state index contributed by atoms with van der Waals surface area (Å²) < 4.78 is 1.06. The van der Waals surface area contributed by atoms with E-state index in [1.165, 1.54) is 6.07 Å². The number of fused-ring (bicyclic) bond motifs is 1. The number of nitrogens with zero attached hydrogens (tertiary/aromatic N) is 2. The minimum atomic E-state index is -0.404. The molecule has 1 aromatic carbocycles. The average molecular weight is 361 g/mol. The molecular weight excluding hydrogens is 352 g/mol. The van der Waals surface area contributed by atoms with Crippen LogP contribution in [-0.4, -0.2) is 9.91 Å². The lowest BCUT2D eigenvalue weighted by Gasteiger charge is -2.00. The highest BCUT2D eigenvalue weighted by atomic mass is 79.9. The molecule has 0 spiro atoms. The normalized spacial score (nSPS) is 11.3. The molecule has 0 saturated heterocycles. The fourth-order valence-corrected chi connectivity index (χ4v) is 3.12. The van der Waals surface area contributed by atoms with Crippen LogP contribution in [0.4, 0.5) is 5.69 Å². The van der Waals surface area contributed by atoms with Gasteiger partial charge in [-0.05, 0) is 45.1 Å². The van der Waals surface area contributed by atoms with Crippen LogP contribution in [-0.2, 0) is 0 Å². The van der Waals surface area contributed by atoms with Crippen LogP contribution in [0, 0.1) is 10.1 Å². The maximum absolute atomic E-state index is 11.1. The van der Waals surface area contributed by atoms with Gasteiger partial charge < -0.3 is 0 Å². The summed E-state index contributed by atoms with van der Waals surface area (Å²) in [5.74, 6) is 0. The number of aromatic nitrogens is 1. The minimum absolute atomic E-state index is 0.0287. The zero-order valence-corrected chi connectivity index (χ0v) is 13.1. The second-order valence-electron chi connectivity index (χ2n) is 4.36. The number of benzene rings is 1. The Balaban J connectivity index is 2.02. The summed E-state index contributed by atoms with van der Waals surface area (Å²) in [5.41, 5.74) is 2.20. The van der Waals surface area contributed by atoms with E-state index in [4.69, 9.17) is 0 Å². The molecule has 4 nitrogen and oxygen atoms in total. The van der Waals surface area contributed by atoms with Crippen LogP contribution in [0.25, 0.3) is 23.1 Å². The summed E-state index contributed by atoms with van der Waals surface area (Å²) in [4.78, 5) is 15.0. The zero-order valence-electron chi connectivity index (χ0n) is 10.7. The van der Waals surface area contributed by atoms with Crippen LogP contribution in [0.3, 0.4) is 0 Å². The molecule has 104 valence electrons. The molecular formula is C15H9BrN2O2S. The number of nitro groups is 1. The van der Waals surface area contributed by atoms with Gasteiger partial charge in [0.15, 0.2) is 0 Å². The fraction of sp³-hybridized carbons (Fsp3) is 0. The van der Waals surface area contributed by atoms with Gasteiger partial charge in [0, 0.05) is 11.5 Å². The van der Waals surface area contributed by atoms with Crippen LogP contribution < -0.4 is 0 Å². The first kappa shape index (κ1) is 13.9. The summed E-state index contributed by atoms with van der Waals surface area (Å²) in [7, 11) is 0. The van der Waals surface area contributed by atoms with E-state index in [0.717, 1.165) is 14.7 Å². The Morgan fingerprint density at radius 2 is 2.10 bits per heavy atom. The number of rotatable bonds is 3. The van der Waals surface area contributed by atoms with Crippen molar-refractivity contribution in [1.82, 2.24) is 4.98 Å². The van der Waals surface area contributed by atoms with Gasteiger partial charge >= 0.3 is 0 Å². The van der Waals surface area contributed by atoms with Gasteiger partial charge in [0.25, 0.3) is 5.69 Å². The Morgan fingerprint density at radius 3 is 2.81 bits per heavy atom. The van der Waals surface area contributed by atoms with Gasteiger partial charge in [-0.2, -0.15) is 0 Å². The van der Waals surface area contributed by atoms with Crippen molar-refractivity contribution in [2.24, 2.45) is 0 Å². The van der Waals surface area contributed by atoms with Crippen LogP contribution in [0.15, 0.2) is 45.6 Å². The van der Waals surface area contributed by atoms with Gasteiger partial charge in [0.2, 0.25) is 0 Å². The minimum Gasteiger partial charge on any atom is -0.258 e. The Kier molecular flexibility index (Phi) is 3.81. The van der Waals surface area contributed by atoms with Crippen molar-refractivity contribution < 1.29 is 4.92 Å². The van der Waals surface area contributed by atoms with E-state index in [-0.39, 0.29) is 5.69 Å². The molecule has 0 bridgehead atoms. The van der Waals surface area contributed by atoms with Gasteiger partial charge in [-0.25, -0.2) is 4.98 Å². The number of hydrogen-bond acceptors (Lipinski definition) is 4. The molecule has 0 saturated carbocycles. The second-order valence-corrected chi connectivity index (χ2v) is 6.65. The fourth-order valence-electron chi connectivity index (χ4n) is 1.98. The third kappa shape index (κ3) is 3.01. The van der Waals surface area contributed by atoms with Crippen molar-refractivity contribution in [3.8, 4) is 0 Å². The first-order valence-electron chi connectivity index (χ1n) is 6.10. The number of non-ortho nitro benzene ring substituents is 1. The SMILES string of the molecule is O=[N+]([O-])c1cccc2ccc(/C=C/c3csc(Br)c3)nc12. The first-order valence-corrected chi connectivity index (χ1v) is 7.77. The summed E-state index contributed by atoms with van der Waals surface area (Å²) in [6.07, 6.45) is 3.79. The first-order chi connectivity index (χ1) is 10.1. The smallest absolute Gasteiger partial charge is 0.258 e. The number of nitro benzene ring substituents is 1. The number of pyridine rings is 1. The third-order valence-corrected chi connectivity index (χ3v) is 4.47. The van der Waals surface area contributed by atoms with Crippen molar-refractivity contribution in [2.75, 3.05) is 0 Å². The number of hydrogen-bond donors (Lipinski definition) is 0. The molecule has 0 unspecified atom stereocenters. The lowest BCUT2D eigenvalue weighted by Crippen LogP contribution is -1.92. The monoisotopic (exact) mass is 360 g/mol. The van der Waals surface area contributed by atoms with E-state index in [0.29, 0.717) is 11.2 Å². The quantitative estimate of drug-likeness (QED) is 0.480. The molecule has 0 fully saturated rings. The van der Waals surface area contributed by atoms with Crippen molar-refractivity contribution in [3.05, 3.63) is 66.9 Å². The molecule has 2 aromatic heterocycles. The molecule has 21 heavy (non-hydrogen) atoms. The van der Waals surface area contributed by atoms with Gasteiger partial charge in [0.05, 0.1) is 14.4 Å². The van der Waals surface area contributed by atoms with Gasteiger partial charge in [-0.1, -0.05) is 24.3 Å². The molecule has 0 radical (unpaired) electrons. The zero-order chi connectivity index (χ0) is 14.8. The molecule has 3 aromatic rings. The molecule has 0 amide bonds. The number of halogens is 1. The largest absolute Gasteiger partial charge is 0.295 e. The number of thiophene rings is 1. The molecule has 3 rings (SSSR count). The topological polar surface area (TPSA) is 56.0 Å². The van der Waals surface area contributed by atoms with Crippen molar-refractivity contribution >= 4 is 56.0 Å². The van der Waals surface area contributed by atoms with Crippen LogP contribution >= 0.6 is 27.3 Å². The molecule has 0 atom stereocenters. The summed E-state index contributed by atoms with van der Waals surface area (Å²) >= 11 is 5.01. The molecule has 0 aliphatic rings. The Morgan fingerprint density at radius 1 is 1.24 bits per heavy atom. The van der Waals surface area contributed by atoms with Crippen LogP contribution in [0.2, 0.25) is 0 Å². The van der Waals surface area contributed by atoms with E-state index >= 15 is 0 Å². The molecule has 2 heterocycles.